The van der Waals surface area contributed by atoms with Crippen LogP contribution >= 0.6 is 0 Å². The highest BCUT2D eigenvalue weighted by Crippen LogP contribution is 2.48. The molecule has 12 heteroatoms. The lowest BCUT2D eigenvalue weighted by molar-refractivity contribution is -0.118. The number of nitrogens with zero attached hydrogens (tertiary/aromatic N) is 5. The Labute approximate surface area is 330 Å². The molecule has 56 heavy (non-hydrogen) atoms. The van der Waals surface area contributed by atoms with E-state index in [1.807, 2.05) is 16.8 Å². The molecule has 0 radical (unpaired) electrons. The molecule has 296 valence electrons. The van der Waals surface area contributed by atoms with Crippen molar-refractivity contribution in [1.29, 1.82) is 0 Å². The summed E-state index contributed by atoms with van der Waals surface area (Å²) in [6.45, 7) is 9.16. The van der Waals surface area contributed by atoms with E-state index in [1.165, 1.54) is 37.7 Å². The number of sulfonamides is 1. The Morgan fingerprint density at radius 2 is 1.79 bits per heavy atom. The maximum atomic E-state index is 14.7. The predicted octanol–water partition coefficient (Wildman–Crippen LogP) is 6.84. The monoisotopic (exact) mass is 778 g/mol. The number of likely N-dealkylation sites (tertiary alicyclic amines) is 2. The number of aromatic nitrogens is 3. The lowest BCUT2D eigenvalue weighted by Gasteiger charge is -2.34. The van der Waals surface area contributed by atoms with E-state index in [9.17, 15) is 18.0 Å². The zero-order valence-electron chi connectivity index (χ0n) is 33.1. The van der Waals surface area contributed by atoms with E-state index in [0.29, 0.717) is 30.6 Å². The molecule has 9 rings (SSSR count). The minimum Gasteiger partial charge on any atom is -0.497 e. The molecule has 2 bridgehead atoms. The van der Waals surface area contributed by atoms with Crippen LogP contribution in [0.2, 0.25) is 0 Å². The molecule has 2 atom stereocenters. The highest BCUT2D eigenvalue weighted by atomic mass is 32.2. The normalized spacial score (nSPS) is 21.3. The third kappa shape index (κ3) is 6.66. The van der Waals surface area contributed by atoms with Crippen molar-refractivity contribution < 1.29 is 22.7 Å². The number of allylic oxidation sites excluding steroid dienone is 1. The van der Waals surface area contributed by atoms with Crippen molar-refractivity contribution in [3.63, 3.8) is 0 Å². The molecule has 11 nitrogen and oxygen atoms in total. The van der Waals surface area contributed by atoms with Crippen molar-refractivity contribution in [2.24, 2.45) is 5.92 Å². The van der Waals surface area contributed by atoms with Gasteiger partial charge in [-0.3, -0.25) is 23.9 Å². The molecule has 2 saturated heterocycles. The van der Waals surface area contributed by atoms with Gasteiger partial charge in [-0.25, -0.2) is 8.42 Å². The fourth-order valence-corrected chi connectivity index (χ4v) is 10.6. The molecule has 1 N–H and O–H groups in total. The molecule has 4 fully saturated rings. The van der Waals surface area contributed by atoms with Gasteiger partial charge < -0.3 is 14.2 Å². The van der Waals surface area contributed by atoms with Gasteiger partial charge in [0.1, 0.15) is 5.75 Å². The maximum Gasteiger partial charge on any atom is 0.258 e. The number of methoxy groups -OCH3 is 1. The molecule has 5 heterocycles. The molecular weight excluding hydrogens is 725 g/mol. The molecule has 2 saturated carbocycles. The summed E-state index contributed by atoms with van der Waals surface area (Å²) in [4.78, 5) is 32.5. The molecule has 3 aliphatic heterocycles. The Balaban J connectivity index is 1.16. The molecule has 0 spiro atoms. The number of piperazine rings is 1. The minimum absolute atomic E-state index is 0.0550. The smallest absolute Gasteiger partial charge is 0.258 e. The molecule has 2 aliphatic carbocycles. The van der Waals surface area contributed by atoms with Crippen molar-refractivity contribution >= 4 is 44.4 Å². The summed E-state index contributed by atoms with van der Waals surface area (Å²) in [5.41, 5.74) is 8.80. The fourth-order valence-electron chi connectivity index (χ4n) is 9.97. The number of benzene rings is 2. The number of rotatable bonds is 11. The molecular formula is C44H54N6O5S. The molecule has 5 aliphatic rings. The van der Waals surface area contributed by atoms with Crippen molar-refractivity contribution in [3.05, 3.63) is 70.5 Å². The Bertz CT molecular complexity index is 2350. The SMILES string of the molecule is CCn1ncc(C(=O)N2C[C@H]3C[C@@H]2CN3CC2CC2)c1C1=Cc2cc(OC)ccc2-c2c(C3CCCCC3)c3ccc(CC(=O)NS(=O)(=O)C(C)C)cc3n2C1. The third-order valence-corrected chi connectivity index (χ3v) is 14.8. The second-order valence-corrected chi connectivity index (χ2v) is 19.3. The predicted molar refractivity (Wildman–Crippen MR) is 219 cm³/mol. The van der Waals surface area contributed by atoms with Crippen molar-refractivity contribution in [2.45, 2.75) is 115 Å². The van der Waals surface area contributed by atoms with Crippen molar-refractivity contribution in [2.75, 3.05) is 26.7 Å². The van der Waals surface area contributed by atoms with E-state index >= 15 is 0 Å². The second kappa shape index (κ2) is 14.5. The van der Waals surface area contributed by atoms with E-state index in [2.05, 4.69) is 56.4 Å². The highest BCUT2D eigenvalue weighted by Gasteiger charge is 2.47. The van der Waals surface area contributed by atoms with Gasteiger partial charge in [0.15, 0.2) is 0 Å². The number of carbonyl (C=O) groups is 2. The number of hydrogen-bond donors (Lipinski definition) is 1. The number of nitrogens with one attached hydrogen (secondary N) is 1. The van der Waals surface area contributed by atoms with Gasteiger partial charge in [0.2, 0.25) is 15.9 Å². The largest absolute Gasteiger partial charge is 0.497 e. The summed E-state index contributed by atoms with van der Waals surface area (Å²) in [5, 5.41) is 5.26. The van der Waals surface area contributed by atoms with E-state index < -0.39 is 21.2 Å². The Hall–Kier alpha value is -4.42. The standard InChI is InChI=1S/C44H54N6O5S/c1-5-50-42(38(22-45-50)44(52)48-26-33-21-34(48)25-47(33)23-28-11-12-28)32-19-31-20-35(55-4)14-16-36(31)43-41(30-9-7-6-8-10-30)37-15-13-29(17-39(37)49(43)24-32)18-40(51)46-56(53,54)27(2)3/h13-17,19-20,22,27-28,30,33-34H,5-12,18,21,23-26H2,1-4H3,(H,46,51)/t33-,34-/m1/s1. The van der Waals surface area contributed by atoms with Gasteiger partial charge in [0, 0.05) is 54.7 Å². The summed E-state index contributed by atoms with van der Waals surface area (Å²) in [6, 6.07) is 13.1. The maximum absolute atomic E-state index is 14.7. The molecule has 2 aromatic carbocycles. The summed E-state index contributed by atoms with van der Waals surface area (Å²) < 4.78 is 37.6. The van der Waals surface area contributed by atoms with Crippen LogP contribution in [0.1, 0.15) is 111 Å². The van der Waals surface area contributed by atoms with Crippen LogP contribution in [-0.4, -0.2) is 88.5 Å². The van der Waals surface area contributed by atoms with Gasteiger partial charge in [0.05, 0.1) is 48.5 Å². The molecule has 4 aromatic rings. The number of aryl methyl sites for hydroxylation is 1. The van der Waals surface area contributed by atoms with Crippen molar-refractivity contribution in [1.82, 2.24) is 28.9 Å². The van der Waals surface area contributed by atoms with Crippen LogP contribution in [0.4, 0.5) is 0 Å². The van der Waals surface area contributed by atoms with Crippen LogP contribution in [0.25, 0.3) is 33.8 Å². The van der Waals surface area contributed by atoms with Crippen LogP contribution in [0.15, 0.2) is 42.6 Å². The Kier molecular flexibility index (Phi) is 9.63. The lowest BCUT2D eigenvalue weighted by atomic mass is 9.81. The number of fused-ring (bicyclic) bond motifs is 7. The van der Waals surface area contributed by atoms with Crippen LogP contribution in [0.5, 0.6) is 5.75 Å². The van der Waals surface area contributed by atoms with Crippen LogP contribution in [0, 0.1) is 5.92 Å². The van der Waals surface area contributed by atoms with E-state index in [-0.39, 0.29) is 18.4 Å². The van der Waals surface area contributed by atoms with Crippen LogP contribution in [-0.2, 0) is 34.3 Å². The van der Waals surface area contributed by atoms with Gasteiger partial charge in [-0.1, -0.05) is 31.4 Å². The topological polar surface area (TPSA) is 119 Å². The third-order valence-electron chi connectivity index (χ3n) is 13.1. The van der Waals surface area contributed by atoms with Gasteiger partial charge in [0.25, 0.3) is 5.91 Å². The van der Waals surface area contributed by atoms with Crippen molar-refractivity contribution in [3.8, 4) is 17.0 Å². The first kappa shape index (κ1) is 37.2. The summed E-state index contributed by atoms with van der Waals surface area (Å²) in [7, 11) is -2.07. The number of ether oxygens (including phenoxy) is 1. The average molecular weight is 779 g/mol. The van der Waals surface area contributed by atoms with Gasteiger partial charge in [-0.15, -0.1) is 0 Å². The number of hydrogen-bond acceptors (Lipinski definition) is 7. The zero-order chi connectivity index (χ0) is 38.9. The van der Waals surface area contributed by atoms with Crippen LogP contribution < -0.4 is 9.46 Å². The second-order valence-electron chi connectivity index (χ2n) is 17.1. The Morgan fingerprint density at radius 1 is 0.982 bits per heavy atom. The zero-order valence-corrected chi connectivity index (χ0v) is 33.9. The Morgan fingerprint density at radius 3 is 2.48 bits per heavy atom. The first-order valence-corrected chi connectivity index (χ1v) is 22.3. The number of carbonyl (C=O) groups excluding carboxylic acids is 2. The van der Waals surface area contributed by atoms with E-state index in [4.69, 9.17) is 9.84 Å². The molecule has 2 aromatic heterocycles. The lowest BCUT2D eigenvalue weighted by Crippen LogP contribution is -2.49. The fraction of sp³-hybridized carbons (Fsp3) is 0.523. The van der Waals surface area contributed by atoms with E-state index in [0.717, 1.165) is 95.1 Å². The average Bonchev–Trinajstić information content (AvgIpc) is 3.47. The summed E-state index contributed by atoms with van der Waals surface area (Å²) >= 11 is 0. The molecule has 0 unspecified atom stereocenters. The summed E-state index contributed by atoms with van der Waals surface area (Å²) in [5.74, 6) is 1.47. The first-order valence-electron chi connectivity index (χ1n) is 20.7. The highest BCUT2D eigenvalue weighted by molar-refractivity contribution is 7.90. The van der Waals surface area contributed by atoms with Gasteiger partial charge in [-0.2, -0.15) is 5.10 Å². The molecule has 2 amide bonds. The van der Waals surface area contributed by atoms with Gasteiger partial charge >= 0.3 is 0 Å². The summed E-state index contributed by atoms with van der Waals surface area (Å²) in [6.07, 6.45) is 13.4. The quantitative estimate of drug-likeness (QED) is 0.177. The van der Waals surface area contributed by atoms with E-state index in [1.54, 1.807) is 27.2 Å². The van der Waals surface area contributed by atoms with Crippen LogP contribution in [0.3, 0.4) is 0 Å². The number of amides is 2. The minimum atomic E-state index is -3.76. The van der Waals surface area contributed by atoms with Gasteiger partial charge in [-0.05, 0) is 117 Å². The first-order chi connectivity index (χ1) is 27.0.